The predicted molar refractivity (Wildman–Crippen MR) is 53.6 cm³/mol. The molecule has 1 aromatic carbocycles. The summed E-state index contributed by atoms with van der Waals surface area (Å²) in [4.78, 5) is 9.98. The molecule has 0 heterocycles. The average Bonchev–Trinajstić information content (AvgIpc) is 2.13. The van der Waals surface area contributed by atoms with Gasteiger partial charge in [-0.2, -0.15) is 13.2 Å². The van der Waals surface area contributed by atoms with Crippen LogP contribution in [0, 0.1) is 24.0 Å². The fourth-order valence-electron chi connectivity index (χ4n) is 1.62. The molecule has 1 atom stereocenters. The Hall–Kier alpha value is -1.63. The van der Waals surface area contributed by atoms with E-state index in [9.17, 15) is 23.3 Å². The number of aryl methyl sites for hydroxylation is 2. The van der Waals surface area contributed by atoms with Gasteiger partial charge in [0.25, 0.3) is 5.69 Å². The summed E-state index contributed by atoms with van der Waals surface area (Å²) in [5.74, 6) is 0. The van der Waals surface area contributed by atoms with Gasteiger partial charge in [-0.15, -0.1) is 0 Å². The maximum atomic E-state index is 12.3. The molecule has 94 valence electrons. The van der Waals surface area contributed by atoms with Gasteiger partial charge in [0, 0.05) is 11.1 Å². The van der Waals surface area contributed by atoms with Gasteiger partial charge < -0.3 is 5.11 Å². The van der Waals surface area contributed by atoms with E-state index < -0.39 is 22.8 Å². The molecule has 0 aromatic heterocycles. The summed E-state index contributed by atoms with van der Waals surface area (Å²) in [6.45, 7) is 2.66. The summed E-state index contributed by atoms with van der Waals surface area (Å²) in [7, 11) is 0. The number of benzene rings is 1. The van der Waals surface area contributed by atoms with E-state index in [2.05, 4.69) is 0 Å². The van der Waals surface area contributed by atoms with E-state index in [4.69, 9.17) is 5.11 Å². The van der Waals surface area contributed by atoms with Crippen LogP contribution in [0.2, 0.25) is 0 Å². The minimum absolute atomic E-state index is 0.0910. The zero-order valence-electron chi connectivity index (χ0n) is 9.08. The molecule has 0 aliphatic heterocycles. The topological polar surface area (TPSA) is 63.4 Å². The molecule has 0 spiro atoms. The zero-order chi connectivity index (χ0) is 13.4. The molecule has 0 saturated carbocycles. The molecule has 1 rings (SSSR count). The lowest BCUT2D eigenvalue weighted by Gasteiger charge is -2.16. The Bertz CT molecular complexity index is 434. The third kappa shape index (κ3) is 2.73. The van der Waals surface area contributed by atoms with Crippen molar-refractivity contribution < 1.29 is 23.2 Å². The van der Waals surface area contributed by atoms with Crippen LogP contribution in [0.25, 0.3) is 0 Å². The van der Waals surface area contributed by atoms with Crippen LogP contribution in [0.3, 0.4) is 0 Å². The van der Waals surface area contributed by atoms with Gasteiger partial charge in [0.1, 0.15) is 0 Å². The highest BCUT2D eigenvalue weighted by Gasteiger charge is 2.40. The van der Waals surface area contributed by atoms with Gasteiger partial charge in [0.05, 0.1) is 4.92 Å². The van der Waals surface area contributed by atoms with Crippen molar-refractivity contribution in [2.75, 3.05) is 0 Å². The van der Waals surface area contributed by atoms with Crippen molar-refractivity contribution in [1.82, 2.24) is 0 Å². The van der Waals surface area contributed by atoms with E-state index in [0.717, 1.165) is 12.1 Å². The highest BCUT2D eigenvalue weighted by atomic mass is 19.4. The van der Waals surface area contributed by atoms with Crippen molar-refractivity contribution in [3.05, 3.63) is 38.9 Å². The Morgan fingerprint density at radius 3 is 2.00 bits per heavy atom. The summed E-state index contributed by atoms with van der Waals surface area (Å²) in [6, 6.07) is 1.95. The van der Waals surface area contributed by atoms with Crippen LogP contribution in [0.1, 0.15) is 22.8 Å². The number of nitrogens with zero attached hydrogens (tertiary/aromatic N) is 1. The largest absolute Gasteiger partial charge is 0.418 e. The van der Waals surface area contributed by atoms with Crippen molar-refractivity contribution in [2.45, 2.75) is 26.1 Å². The second-order valence-corrected chi connectivity index (χ2v) is 3.70. The van der Waals surface area contributed by atoms with Crippen molar-refractivity contribution in [3.63, 3.8) is 0 Å². The summed E-state index contributed by atoms with van der Waals surface area (Å²) in [6.07, 6.45) is -7.41. The first-order valence-corrected chi connectivity index (χ1v) is 4.65. The van der Waals surface area contributed by atoms with Gasteiger partial charge in [-0.25, -0.2) is 0 Å². The summed E-state index contributed by atoms with van der Waals surface area (Å²) >= 11 is 0. The summed E-state index contributed by atoms with van der Waals surface area (Å²) in [5.41, 5.74) is -0.442. The molecule has 0 radical (unpaired) electrons. The van der Waals surface area contributed by atoms with E-state index >= 15 is 0 Å². The number of nitro groups is 1. The molecule has 1 aromatic rings. The Balaban J connectivity index is 3.29. The molecule has 0 aliphatic rings. The predicted octanol–water partition coefficient (Wildman–Crippen LogP) is 2.81. The Morgan fingerprint density at radius 1 is 1.29 bits per heavy atom. The van der Waals surface area contributed by atoms with Crippen LogP contribution >= 0.6 is 0 Å². The molecule has 0 aliphatic carbocycles. The maximum Gasteiger partial charge on any atom is 0.418 e. The van der Waals surface area contributed by atoms with Crippen molar-refractivity contribution in [3.8, 4) is 0 Å². The Morgan fingerprint density at radius 2 is 1.71 bits per heavy atom. The highest BCUT2D eigenvalue weighted by molar-refractivity contribution is 5.49. The van der Waals surface area contributed by atoms with E-state index in [0.29, 0.717) is 0 Å². The lowest BCUT2D eigenvalue weighted by atomic mass is 10.0. The molecule has 1 unspecified atom stereocenters. The van der Waals surface area contributed by atoms with Gasteiger partial charge in [-0.3, -0.25) is 10.1 Å². The maximum absolute atomic E-state index is 12.3. The van der Waals surface area contributed by atoms with Crippen LogP contribution in [0.15, 0.2) is 12.1 Å². The van der Waals surface area contributed by atoms with Crippen LogP contribution < -0.4 is 0 Å². The molecule has 0 saturated heterocycles. The van der Waals surface area contributed by atoms with Crippen LogP contribution in [0.5, 0.6) is 0 Å². The lowest BCUT2D eigenvalue weighted by molar-refractivity contribution is -0.386. The standard InChI is InChI=1S/C10H10F3NO3/c1-5-3-7(9(15)10(11,12)13)4-6(2)8(5)14(16)17/h3-4,9,15H,1-2H3. The van der Waals surface area contributed by atoms with Crippen LogP contribution in [0.4, 0.5) is 18.9 Å². The van der Waals surface area contributed by atoms with Gasteiger partial charge >= 0.3 is 6.18 Å². The second-order valence-electron chi connectivity index (χ2n) is 3.70. The summed E-state index contributed by atoms with van der Waals surface area (Å²) in [5, 5.41) is 19.7. The van der Waals surface area contributed by atoms with E-state index in [1.807, 2.05) is 0 Å². The third-order valence-corrected chi connectivity index (χ3v) is 2.32. The number of nitro benzene ring substituents is 1. The molecule has 4 nitrogen and oxygen atoms in total. The minimum atomic E-state index is -4.78. The first-order chi connectivity index (χ1) is 7.64. The first kappa shape index (κ1) is 13.4. The van der Waals surface area contributed by atoms with Gasteiger partial charge in [0.15, 0.2) is 6.10 Å². The van der Waals surface area contributed by atoms with Crippen LogP contribution in [-0.2, 0) is 0 Å². The Kier molecular flexibility index (Phi) is 3.42. The van der Waals surface area contributed by atoms with E-state index in [-0.39, 0.29) is 16.8 Å². The van der Waals surface area contributed by atoms with E-state index in [1.165, 1.54) is 13.8 Å². The Labute approximate surface area is 94.8 Å². The number of rotatable bonds is 2. The number of hydrogen-bond donors (Lipinski definition) is 1. The van der Waals surface area contributed by atoms with Crippen molar-refractivity contribution in [1.29, 1.82) is 0 Å². The first-order valence-electron chi connectivity index (χ1n) is 4.65. The molecule has 0 bridgehead atoms. The highest BCUT2D eigenvalue weighted by Crippen LogP contribution is 2.35. The zero-order valence-corrected chi connectivity index (χ0v) is 9.08. The number of halogens is 3. The number of hydrogen-bond acceptors (Lipinski definition) is 3. The minimum Gasteiger partial charge on any atom is -0.379 e. The van der Waals surface area contributed by atoms with Gasteiger partial charge in [-0.05, 0) is 31.5 Å². The SMILES string of the molecule is Cc1cc(C(O)C(F)(F)F)cc(C)c1[N+](=O)[O-]. The smallest absolute Gasteiger partial charge is 0.379 e. The number of alkyl halides is 3. The molecule has 1 N–H and O–H groups in total. The average molecular weight is 249 g/mol. The number of aliphatic hydroxyl groups is 1. The normalized spacial score (nSPS) is 13.5. The molecular weight excluding hydrogens is 239 g/mol. The molecule has 17 heavy (non-hydrogen) atoms. The second kappa shape index (κ2) is 4.33. The van der Waals surface area contributed by atoms with Gasteiger partial charge in [0.2, 0.25) is 0 Å². The summed E-state index contributed by atoms with van der Waals surface area (Å²) < 4.78 is 36.8. The fraction of sp³-hybridized carbons (Fsp3) is 0.400. The number of aliphatic hydroxyl groups excluding tert-OH is 1. The lowest BCUT2D eigenvalue weighted by Crippen LogP contribution is -2.20. The third-order valence-electron chi connectivity index (χ3n) is 2.32. The molecule has 7 heteroatoms. The van der Waals surface area contributed by atoms with Crippen LogP contribution in [-0.4, -0.2) is 16.2 Å². The fourth-order valence-corrected chi connectivity index (χ4v) is 1.62. The van der Waals surface area contributed by atoms with Gasteiger partial charge in [-0.1, -0.05) is 0 Å². The van der Waals surface area contributed by atoms with E-state index in [1.54, 1.807) is 0 Å². The molecular formula is C10H10F3NO3. The van der Waals surface area contributed by atoms with Crippen molar-refractivity contribution >= 4 is 5.69 Å². The molecule has 0 fully saturated rings. The quantitative estimate of drug-likeness (QED) is 0.647. The van der Waals surface area contributed by atoms with Crippen molar-refractivity contribution in [2.24, 2.45) is 0 Å². The molecule has 0 amide bonds. The monoisotopic (exact) mass is 249 g/mol.